The van der Waals surface area contributed by atoms with Crippen LogP contribution in [0.3, 0.4) is 0 Å². The lowest BCUT2D eigenvalue weighted by molar-refractivity contribution is -0.221. The molecule has 2 N–H and O–H groups in total. The van der Waals surface area contributed by atoms with Gasteiger partial charge in [-0.3, -0.25) is 4.79 Å². The Morgan fingerprint density at radius 1 is 1.20 bits per heavy atom. The average Bonchev–Trinajstić information content (AvgIpc) is 2.59. The normalized spacial score (nSPS) is 54.0. The van der Waals surface area contributed by atoms with Gasteiger partial charge >= 0.3 is 5.97 Å². The molecule has 20 heavy (non-hydrogen) atoms. The number of carbonyl (C=O) groups excluding carboxylic acids is 1. The molecule has 2 aliphatic carbocycles. The Kier molecular flexibility index (Phi) is 2.85. The van der Waals surface area contributed by atoms with Gasteiger partial charge in [0.25, 0.3) is 0 Å². The third-order valence-corrected chi connectivity index (χ3v) is 6.58. The van der Waals surface area contributed by atoms with Gasteiger partial charge in [0.2, 0.25) is 0 Å². The lowest BCUT2D eigenvalue weighted by atomic mass is 9.44. The van der Waals surface area contributed by atoms with E-state index in [9.17, 15) is 15.0 Å². The summed E-state index contributed by atoms with van der Waals surface area (Å²) in [7, 11) is 0. The second-order valence-corrected chi connectivity index (χ2v) is 8.17. The Labute approximate surface area is 120 Å². The Morgan fingerprint density at radius 2 is 1.85 bits per heavy atom. The molecular weight excluding hydrogens is 256 g/mol. The van der Waals surface area contributed by atoms with Gasteiger partial charge in [0.05, 0.1) is 18.6 Å². The van der Waals surface area contributed by atoms with Crippen LogP contribution in [0.25, 0.3) is 0 Å². The summed E-state index contributed by atoms with van der Waals surface area (Å²) >= 11 is 0. The maximum atomic E-state index is 11.8. The van der Waals surface area contributed by atoms with E-state index in [2.05, 4.69) is 6.92 Å². The van der Waals surface area contributed by atoms with Crippen molar-refractivity contribution >= 4 is 5.97 Å². The van der Waals surface area contributed by atoms with E-state index in [0.717, 1.165) is 12.8 Å². The Bertz CT molecular complexity index is 446. The SMILES string of the molecule is CC1(C)[C@@H](O)CC[C@]2(C)[C@H]3CC(=O)O[C@]3(C)C[C@H](O)[C@@H]12. The number of carbonyl (C=O) groups is 1. The number of fused-ring (bicyclic) bond motifs is 3. The minimum atomic E-state index is -0.542. The standard InChI is InChI=1S/C16H26O4/c1-14(2)11(18)5-6-15(3)10-7-12(19)20-16(10,4)8-9(17)13(14)15/h9-11,13,17-18H,5-8H2,1-4H3/t9-,10+,11-,13-,15+,16+/m0/s1. The number of aliphatic hydroxyl groups is 2. The van der Waals surface area contributed by atoms with Crippen LogP contribution in [0.2, 0.25) is 0 Å². The van der Waals surface area contributed by atoms with E-state index in [4.69, 9.17) is 4.74 Å². The first-order chi connectivity index (χ1) is 9.11. The highest BCUT2D eigenvalue weighted by atomic mass is 16.6. The zero-order valence-electron chi connectivity index (χ0n) is 12.8. The molecular formula is C16H26O4. The topological polar surface area (TPSA) is 66.8 Å². The smallest absolute Gasteiger partial charge is 0.306 e. The van der Waals surface area contributed by atoms with Crippen LogP contribution in [0.5, 0.6) is 0 Å². The number of hydrogen-bond acceptors (Lipinski definition) is 4. The average molecular weight is 282 g/mol. The highest BCUT2D eigenvalue weighted by Gasteiger charge is 2.67. The predicted molar refractivity (Wildman–Crippen MR) is 73.8 cm³/mol. The lowest BCUT2D eigenvalue weighted by Gasteiger charge is -2.62. The monoisotopic (exact) mass is 282 g/mol. The molecule has 0 aromatic heterocycles. The van der Waals surface area contributed by atoms with E-state index in [1.165, 1.54) is 0 Å². The van der Waals surface area contributed by atoms with Crippen molar-refractivity contribution in [1.82, 2.24) is 0 Å². The van der Waals surface area contributed by atoms with Gasteiger partial charge in [-0.25, -0.2) is 0 Å². The van der Waals surface area contributed by atoms with Crippen LogP contribution in [-0.4, -0.2) is 34.0 Å². The first-order valence-corrected chi connectivity index (χ1v) is 7.69. The van der Waals surface area contributed by atoms with Gasteiger partial charge in [-0.15, -0.1) is 0 Å². The second kappa shape index (κ2) is 3.98. The van der Waals surface area contributed by atoms with Gasteiger partial charge in [0.15, 0.2) is 0 Å². The summed E-state index contributed by atoms with van der Waals surface area (Å²) in [6.45, 7) is 8.23. The summed E-state index contributed by atoms with van der Waals surface area (Å²) < 4.78 is 5.57. The molecule has 4 nitrogen and oxygen atoms in total. The quantitative estimate of drug-likeness (QED) is 0.666. The van der Waals surface area contributed by atoms with Gasteiger partial charge in [-0.2, -0.15) is 0 Å². The third-order valence-electron chi connectivity index (χ3n) is 6.58. The van der Waals surface area contributed by atoms with Crippen molar-refractivity contribution < 1.29 is 19.7 Å². The van der Waals surface area contributed by atoms with Crippen LogP contribution in [0.4, 0.5) is 0 Å². The fraction of sp³-hybridized carbons (Fsp3) is 0.938. The van der Waals surface area contributed by atoms with Crippen LogP contribution in [-0.2, 0) is 9.53 Å². The fourth-order valence-electron chi connectivity index (χ4n) is 5.76. The fourth-order valence-corrected chi connectivity index (χ4v) is 5.76. The summed E-state index contributed by atoms with van der Waals surface area (Å²) in [5.74, 6) is 0.00417. The molecule has 2 saturated carbocycles. The van der Waals surface area contributed by atoms with E-state index in [1.54, 1.807) is 0 Å². The predicted octanol–water partition coefficient (Wildman–Crippen LogP) is 1.88. The van der Waals surface area contributed by atoms with Crippen LogP contribution < -0.4 is 0 Å². The van der Waals surface area contributed by atoms with Crippen LogP contribution in [0, 0.1) is 22.7 Å². The number of rotatable bonds is 0. The number of esters is 1. The summed E-state index contributed by atoms with van der Waals surface area (Å²) in [4.78, 5) is 11.8. The van der Waals surface area contributed by atoms with Crippen molar-refractivity contribution in [2.75, 3.05) is 0 Å². The Morgan fingerprint density at radius 3 is 2.50 bits per heavy atom. The first kappa shape index (κ1) is 14.3. The summed E-state index contributed by atoms with van der Waals surface area (Å²) in [6, 6.07) is 0. The number of ether oxygens (including phenoxy) is 1. The summed E-state index contributed by atoms with van der Waals surface area (Å²) in [5.41, 5.74) is -1.03. The second-order valence-electron chi connectivity index (χ2n) is 8.17. The van der Waals surface area contributed by atoms with E-state index in [1.807, 2.05) is 20.8 Å². The summed E-state index contributed by atoms with van der Waals surface area (Å²) in [5, 5.41) is 21.1. The minimum Gasteiger partial charge on any atom is -0.459 e. The Hall–Kier alpha value is -0.610. The zero-order valence-corrected chi connectivity index (χ0v) is 12.8. The summed E-state index contributed by atoms with van der Waals surface area (Å²) in [6.07, 6.45) is 1.58. The molecule has 0 aromatic rings. The molecule has 6 atom stereocenters. The van der Waals surface area contributed by atoms with E-state index >= 15 is 0 Å². The maximum Gasteiger partial charge on any atom is 0.306 e. The molecule has 1 saturated heterocycles. The molecule has 0 amide bonds. The maximum absolute atomic E-state index is 11.8. The van der Waals surface area contributed by atoms with Crippen LogP contribution in [0.15, 0.2) is 0 Å². The van der Waals surface area contributed by atoms with Gasteiger partial charge in [0.1, 0.15) is 5.60 Å². The molecule has 0 unspecified atom stereocenters. The lowest BCUT2D eigenvalue weighted by Crippen LogP contribution is -2.64. The first-order valence-electron chi connectivity index (χ1n) is 7.69. The van der Waals surface area contributed by atoms with E-state index in [0.29, 0.717) is 12.8 Å². The van der Waals surface area contributed by atoms with Crippen molar-refractivity contribution in [3.8, 4) is 0 Å². The molecule has 0 spiro atoms. The van der Waals surface area contributed by atoms with Gasteiger partial charge in [0, 0.05) is 12.3 Å². The van der Waals surface area contributed by atoms with Crippen molar-refractivity contribution in [1.29, 1.82) is 0 Å². The Balaban J connectivity index is 2.07. The molecule has 1 heterocycles. The molecule has 4 heteroatoms. The van der Waals surface area contributed by atoms with E-state index < -0.39 is 17.8 Å². The van der Waals surface area contributed by atoms with Crippen molar-refractivity contribution in [2.45, 2.75) is 71.2 Å². The third kappa shape index (κ3) is 1.64. The highest BCUT2D eigenvalue weighted by molar-refractivity contribution is 5.73. The van der Waals surface area contributed by atoms with Crippen molar-refractivity contribution in [2.24, 2.45) is 22.7 Å². The number of aliphatic hydroxyl groups excluding tert-OH is 2. The van der Waals surface area contributed by atoms with Crippen LogP contribution >= 0.6 is 0 Å². The minimum absolute atomic E-state index is 0.00586. The van der Waals surface area contributed by atoms with Crippen molar-refractivity contribution in [3.63, 3.8) is 0 Å². The van der Waals surface area contributed by atoms with E-state index in [-0.39, 0.29) is 28.6 Å². The molecule has 3 fully saturated rings. The van der Waals surface area contributed by atoms with Gasteiger partial charge in [-0.05, 0) is 36.5 Å². The number of hydrogen-bond donors (Lipinski definition) is 2. The molecule has 0 radical (unpaired) electrons. The van der Waals surface area contributed by atoms with Crippen molar-refractivity contribution in [3.05, 3.63) is 0 Å². The molecule has 0 bridgehead atoms. The van der Waals surface area contributed by atoms with Crippen LogP contribution in [0.1, 0.15) is 53.4 Å². The molecule has 3 rings (SSSR count). The zero-order chi connectivity index (χ0) is 14.9. The largest absolute Gasteiger partial charge is 0.459 e. The molecule has 114 valence electrons. The molecule has 1 aliphatic heterocycles. The molecule has 0 aromatic carbocycles. The highest BCUT2D eigenvalue weighted by Crippen LogP contribution is 2.64. The molecule has 3 aliphatic rings. The van der Waals surface area contributed by atoms with Gasteiger partial charge in [-0.1, -0.05) is 20.8 Å². The van der Waals surface area contributed by atoms with Gasteiger partial charge < -0.3 is 14.9 Å².